The second-order valence-corrected chi connectivity index (χ2v) is 9.09. The molecule has 0 amide bonds. The molecule has 0 saturated carbocycles. The van der Waals surface area contributed by atoms with E-state index >= 15 is 0 Å². The first-order valence-electron chi connectivity index (χ1n) is 8.87. The van der Waals surface area contributed by atoms with E-state index in [0.29, 0.717) is 5.62 Å². The van der Waals surface area contributed by atoms with Crippen LogP contribution >= 0.6 is 27.3 Å². The van der Waals surface area contributed by atoms with Crippen LogP contribution < -0.4 is 5.62 Å². The molecule has 5 nitrogen and oxygen atoms in total. The molecular formula is C19H21BrN4OS. The molecule has 0 atom stereocenters. The average Bonchev–Trinajstić information content (AvgIpc) is 3.36. The number of hydrogen-bond donors (Lipinski definition) is 1. The summed E-state index contributed by atoms with van der Waals surface area (Å²) in [6.45, 7) is 4.24. The maximum absolute atomic E-state index is 12.7. The van der Waals surface area contributed by atoms with Gasteiger partial charge in [0.25, 0.3) is 0 Å². The van der Waals surface area contributed by atoms with Gasteiger partial charge in [0.2, 0.25) is 5.62 Å². The number of Topliss-reactive ketones (excluding diaryl/α,β-unsaturated/α-hetero) is 1. The van der Waals surface area contributed by atoms with E-state index in [0.717, 1.165) is 45.9 Å². The van der Waals surface area contributed by atoms with Crippen LogP contribution in [0.1, 0.15) is 22.5 Å². The van der Waals surface area contributed by atoms with Gasteiger partial charge in [-0.2, -0.15) is 0 Å². The Morgan fingerprint density at radius 3 is 2.38 bits per heavy atom. The lowest BCUT2D eigenvalue weighted by Crippen LogP contribution is -2.31. The summed E-state index contributed by atoms with van der Waals surface area (Å²) in [5, 5.41) is 8.66. The normalized spacial score (nSPS) is 15.1. The number of imidazole rings is 1. The van der Waals surface area contributed by atoms with E-state index in [9.17, 15) is 4.79 Å². The van der Waals surface area contributed by atoms with Crippen LogP contribution in [-0.2, 0) is 13.1 Å². The number of thiophene rings is 1. The first-order chi connectivity index (χ1) is 12.6. The Kier molecular flexibility index (Phi) is 5.11. The lowest BCUT2D eigenvalue weighted by molar-refractivity contribution is 0.0975. The number of benzene rings is 1. The van der Waals surface area contributed by atoms with Crippen LogP contribution in [0.5, 0.6) is 0 Å². The van der Waals surface area contributed by atoms with Crippen molar-refractivity contribution in [2.24, 2.45) is 0 Å². The number of carbonyl (C=O) groups excluding carboxylic acids is 1. The fourth-order valence-corrected chi connectivity index (χ4v) is 4.93. The lowest BCUT2D eigenvalue weighted by atomic mass is 10.3. The SMILES string of the molecule is N=c1n(CCN2CCCC2)c2ccccc2n1CC(=O)c1ccc(Br)s1. The van der Waals surface area contributed by atoms with Gasteiger partial charge in [-0.1, -0.05) is 12.1 Å². The minimum Gasteiger partial charge on any atom is -0.309 e. The molecule has 0 bridgehead atoms. The van der Waals surface area contributed by atoms with Crippen molar-refractivity contribution in [2.75, 3.05) is 19.6 Å². The number of carbonyl (C=O) groups is 1. The first-order valence-corrected chi connectivity index (χ1v) is 10.5. The molecule has 3 aromatic rings. The molecule has 1 aliphatic heterocycles. The summed E-state index contributed by atoms with van der Waals surface area (Å²) in [5.74, 6) is 0.0432. The van der Waals surface area contributed by atoms with Gasteiger partial charge in [0.15, 0.2) is 5.78 Å². The number of nitrogens with one attached hydrogen (secondary N) is 1. The second kappa shape index (κ2) is 7.50. The van der Waals surface area contributed by atoms with E-state index in [-0.39, 0.29) is 12.3 Å². The maximum Gasteiger partial charge on any atom is 0.203 e. The van der Waals surface area contributed by atoms with Gasteiger partial charge < -0.3 is 14.0 Å². The van der Waals surface area contributed by atoms with Crippen LogP contribution in [0.2, 0.25) is 0 Å². The molecule has 1 aromatic carbocycles. The van der Waals surface area contributed by atoms with Crippen LogP contribution in [0.15, 0.2) is 40.2 Å². The van der Waals surface area contributed by atoms with Crippen molar-refractivity contribution >= 4 is 44.1 Å². The molecule has 1 N–H and O–H groups in total. The summed E-state index contributed by atoms with van der Waals surface area (Å²) in [4.78, 5) is 15.8. The third-order valence-electron chi connectivity index (χ3n) is 4.96. The molecule has 0 spiro atoms. The Morgan fingerprint density at radius 2 is 1.73 bits per heavy atom. The summed E-state index contributed by atoms with van der Waals surface area (Å²) < 4.78 is 4.81. The maximum atomic E-state index is 12.7. The number of para-hydroxylation sites is 2. The van der Waals surface area contributed by atoms with Crippen LogP contribution in [-0.4, -0.2) is 39.5 Å². The van der Waals surface area contributed by atoms with Gasteiger partial charge in [-0.25, -0.2) is 0 Å². The van der Waals surface area contributed by atoms with E-state index in [1.807, 2.05) is 45.5 Å². The molecule has 3 heterocycles. The third-order valence-corrected chi connectivity index (χ3v) is 6.63. The van der Waals surface area contributed by atoms with Gasteiger partial charge in [0, 0.05) is 13.1 Å². The molecule has 0 unspecified atom stereocenters. The molecule has 7 heteroatoms. The highest BCUT2D eigenvalue weighted by molar-refractivity contribution is 9.11. The zero-order valence-electron chi connectivity index (χ0n) is 14.4. The van der Waals surface area contributed by atoms with E-state index < -0.39 is 0 Å². The van der Waals surface area contributed by atoms with Gasteiger partial charge in [0.1, 0.15) is 0 Å². The molecule has 26 heavy (non-hydrogen) atoms. The van der Waals surface area contributed by atoms with Gasteiger partial charge in [0.05, 0.1) is 26.2 Å². The smallest absolute Gasteiger partial charge is 0.203 e. The summed E-state index contributed by atoms with van der Waals surface area (Å²) >= 11 is 4.85. The average molecular weight is 433 g/mol. The predicted octanol–water partition coefficient (Wildman–Crippen LogP) is 3.72. The Balaban J connectivity index is 1.64. The van der Waals surface area contributed by atoms with Crippen LogP contribution in [0, 0.1) is 5.41 Å². The van der Waals surface area contributed by atoms with Crippen molar-refractivity contribution in [2.45, 2.75) is 25.9 Å². The number of fused-ring (bicyclic) bond motifs is 1. The van der Waals surface area contributed by atoms with Gasteiger partial charge in [-0.05, 0) is 66.1 Å². The Labute approximate surface area is 164 Å². The number of nitrogens with zero attached hydrogens (tertiary/aromatic N) is 3. The minimum absolute atomic E-state index is 0.0432. The van der Waals surface area contributed by atoms with Crippen LogP contribution in [0.25, 0.3) is 11.0 Å². The van der Waals surface area contributed by atoms with E-state index in [1.165, 1.54) is 24.2 Å². The number of hydrogen-bond acceptors (Lipinski definition) is 4. The van der Waals surface area contributed by atoms with Gasteiger partial charge in [-0.15, -0.1) is 11.3 Å². The Bertz CT molecular complexity index is 997. The quantitative estimate of drug-likeness (QED) is 0.603. The summed E-state index contributed by atoms with van der Waals surface area (Å²) in [6, 6.07) is 11.7. The predicted molar refractivity (Wildman–Crippen MR) is 108 cm³/mol. The van der Waals surface area contributed by atoms with Gasteiger partial charge in [-0.3, -0.25) is 10.2 Å². The zero-order valence-corrected chi connectivity index (χ0v) is 16.9. The minimum atomic E-state index is 0.0432. The monoisotopic (exact) mass is 432 g/mol. The highest BCUT2D eigenvalue weighted by Crippen LogP contribution is 2.23. The van der Waals surface area contributed by atoms with Crippen molar-refractivity contribution in [3.05, 3.63) is 50.7 Å². The molecule has 1 aliphatic rings. The molecule has 2 aromatic heterocycles. The fraction of sp³-hybridized carbons (Fsp3) is 0.368. The van der Waals surface area contributed by atoms with Crippen molar-refractivity contribution in [1.82, 2.24) is 14.0 Å². The molecule has 0 aliphatic carbocycles. The summed E-state index contributed by atoms with van der Waals surface area (Å²) in [5.41, 5.74) is 2.37. The lowest BCUT2D eigenvalue weighted by Gasteiger charge is -2.15. The van der Waals surface area contributed by atoms with E-state index in [4.69, 9.17) is 5.41 Å². The standard InChI is InChI=1S/C19H21BrN4OS/c20-18-8-7-17(26-18)16(25)13-24-15-6-2-1-5-14(15)23(19(24)21)12-11-22-9-3-4-10-22/h1-2,5-8,21H,3-4,9-13H2. The van der Waals surface area contributed by atoms with Gasteiger partial charge >= 0.3 is 0 Å². The first kappa shape index (κ1) is 17.7. The van der Waals surface area contributed by atoms with Crippen molar-refractivity contribution < 1.29 is 4.79 Å². The molecule has 136 valence electrons. The van der Waals surface area contributed by atoms with Crippen molar-refractivity contribution in [1.29, 1.82) is 5.41 Å². The largest absolute Gasteiger partial charge is 0.309 e. The van der Waals surface area contributed by atoms with E-state index in [2.05, 4.69) is 20.8 Å². The number of rotatable bonds is 6. The number of aromatic nitrogens is 2. The van der Waals surface area contributed by atoms with Crippen LogP contribution in [0.3, 0.4) is 0 Å². The Hall–Kier alpha value is -1.70. The topological polar surface area (TPSA) is 54.0 Å². The molecule has 0 radical (unpaired) electrons. The summed E-state index contributed by atoms with van der Waals surface area (Å²) in [7, 11) is 0. The molecule has 1 fully saturated rings. The third kappa shape index (κ3) is 3.43. The van der Waals surface area contributed by atoms with Crippen molar-refractivity contribution in [3.8, 4) is 0 Å². The number of ketones is 1. The molecular weight excluding hydrogens is 412 g/mol. The fourth-order valence-electron chi connectivity index (χ4n) is 3.61. The summed E-state index contributed by atoms with van der Waals surface area (Å²) in [6.07, 6.45) is 2.54. The second-order valence-electron chi connectivity index (χ2n) is 6.63. The zero-order chi connectivity index (χ0) is 18.1. The van der Waals surface area contributed by atoms with E-state index in [1.54, 1.807) is 0 Å². The van der Waals surface area contributed by atoms with Crippen molar-refractivity contribution in [3.63, 3.8) is 0 Å². The molecule has 4 rings (SSSR count). The Morgan fingerprint density at radius 1 is 1.04 bits per heavy atom. The number of likely N-dealkylation sites (tertiary alicyclic amines) is 1. The number of halogens is 1. The highest BCUT2D eigenvalue weighted by Gasteiger charge is 2.17. The molecule has 1 saturated heterocycles. The van der Waals surface area contributed by atoms with Crippen LogP contribution in [0.4, 0.5) is 0 Å². The highest BCUT2D eigenvalue weighted by atomic mass is 79.9.